The Hall–Kier alpha value is -1.88. The number of carbonyl (C=O) groups excluding carboxylic acids is 2. The molecule has 0 aromatic heterocycles. The van der Waals surface area contributed by atoms with Gasteiger partial charge in [0.05, 0.1) is 12.6 Å². The maximum absolute atomic E-state index is 12.2. The van der Waals surface area contributed by atoms with E-state index in [4.69, 9.17) is 0 Å². The van der Waals surface area contributed by atoms with Gasteiger partial charge in [0.2, 0.25) is 5.91 Å². The molecule has 0 saturated carbocycles. The Bertz CT molecular complexity index is 585. The molecular formula is C17H22N2O3. The molecule has 1 aliphatic heterocycles. The minimum absolute atomic E-state index is 0.0113. The minimum atomic E-state index is -0.440. The highest BCUT2D eigenvalue weighted by molar-refractivity contribution is 5.96. The van der Waals surface area contributed by atoms with Crippen LogP contribution in [0.15, 0.2) is 18.2 Å². The highest BCUT2D eigenvalue weighted by atomic mass is 16.3. The molecule has 2 N–H and O–H groups in total. The number of rotatable bonds is 3. The largest absolute Gasteiger partial charge is 0.391 e. The van der Waals surface area contributed by atoms with Gasteiger partial charge in [0.1, 0.15) is 0 Å². The Morgan fingerprint density at radius 2 is 2.05 bits per heavy atom. The third-order valence-corrected chi connectivity index (χ3v) is 4.51. The fraction of sp³-hybridized carbons (Fsp3) is 0.529. The van der Waals surface area contributed by atoms with Crippen LogP contribution in [0.1, 0.15) is 40.7 Å². The van der Waals surface area contributed by atoms with Crippen molar-refractivity contribution in [2.24, 2.45) is 0 Å². The number of fused-ring (bicyclic) bond motifs is 1. The van der Waals surface area contributed by atoms with Gasteiger partial charge < -0.3 is 15.3 Å². The number of likely N-dealkylation sites (tertiary alicyclic amines) is 1. The molecule has 0 radical (unpaired) electrons. The van der Waals surface area contributed by atoms with Gasteiger partial charge >= 0.3 is 0 Å². The number of aryl methyl sites for hydroxylation is 2. The number of benzene rings is 1. The van der Waals surface area contributed by atoms with Gasteiger partial charge in [-0.05, 0) is 55.4 Å². The number of amides is 2. The number of aliphatic hydroxyl groups is 1. The molecule has 2 amide bonds. The summed E-state index contributed by atoms with van der Waals surface area (Å²) in [7, 11) is 0. The van der Waals surface area contributed by atoms with Crippen LogP contribution in [0.5, 0.6) is 0 Å². The number of carbonyl (C=O) groups is 2. The van der Waals surface area contributed by atoms with Crippen molar-refractivity contribution in [2.45, 2.75) is 38.2 Å². The van der Waals surface area contributed by atoms with E-state index < -0.39 is 6.10 Å². The molecule has 2 aliphatic rings. The Morgan fingerprint density at radius 1 is 1.23 bits per heavy atom. The molecule has 22 heavy (non-hydrogen) atoms. The van der Waals surface area contributed by atoms with Gasteiger partial charge in [0, 0.05) is 18.7 Å². The number of aliphatic hydroxyl groups excluding tert-OH is 1. The zero-order valence-electron chi connectivity index (χ0n) is 12.7. The second-order valence-corrected chi connectivity index (χ2v) is 6.16. The Labute approximate surface area is 130 Å². The molecule has 1 aromatic carbocycles. The molecule has 0 spiro atoms. The van der Waals surface area contributed by atoms with Crippen LogP contribution >= 0.6 is 0 Å². The quantitative estimate of drug-likeness (QED) is 0.871. The lowest BCUT2D eigenvalue weighted by Crippen LogP contribution is -2.46. The summed E-state index contributed by atoms with van der Waals surface area (Å²) in [6.45, 7) is 1.01. The fourth-order valence-corrected chi connectivity index (χ4v) is 3.26. The Morgan fingerprint density at radius 3 is 2.86 bits per heavy atom. The monoisotopic (exact) mass is 302 g/mol. The zero-order chi connectivity index (χ0) is 15.5. The van der Waals surface area contributed by atoms with Crippen molar-refractivity contribution in [1.82, 2.24) is 10.2 Å². The van der Waals surface area contributed by atoms with E-state index in [1.165, 1.54) is 11.1 Å². The van der Waals surface area contributed by atoms with E-state index in [1.807, 2.05) is 18.2 Å². The van der Waals surface area contributed by atoms with Gasteiger partial charge in [-0.15, -0.1) is 0 Å². The minimum Gasteiger partial charge on any atom is -0.391 e. The van der Waals surface area contributed by atoms with Crippen LogP contribution in [0.25, 0.3) is 0 Å². The van der Waals surface area contributed by atoms with Crippen molar-refractivity contribution in [3.63, 3.8) is 0 Å². The average Bonchev–Trinajstić information content (AvgIpc) is 2.99. The van der Waals surface area contributed by atoms with Gasteiger partial charge in [-0.3, -0.25) is 9.59 Å². The van der Waals surface area contributed by atoms with Gasteiger partial charge in [-0.2, -0.15) is 0 Å². The van der Waals surface area contributed by atoms with Crippen molar-refractivity contribution in [3.8, 4) is 0 Å². The first-order valence-electron chi connectivity index (χ1n) is 7.99. The first kappa shape index (κ1) is 15.0. The van der Waals surface area contributed by atoms with E-state index in [9.17, 15) is 14.7 Å². The number of hydrogen-bond donors (Lipinski definition) is 2. The smallest absolute Gasteiger partial charge is 0.251 e. The lowest BCUT2D eigenvalue weighted by Gasteiger charge is -2.30. The summed E-state index contributed by atoms with van der Waals surface area (Å²) in [5, 5.41) is 12.3. The Kier molecular flexibility index (Phi) is 4.43. The van der Waals surface area contributed by atoms with Crippen LogP contribution in [-0.4, -0.2) is 47.6 Å². The maximum Gasteiger partial charge on any atom is 0.251 e. The third-order valence-electron chi connectivity index (χ3n) is 4.51. The molecule has 1 atom stereocenters. The number of nitrogens with zero attached hydrogens (tertiary/aromatic N) is 1. The highest BCUT2D eigenvalue weighted by Crippen LogP contribution is 2.22. The second kappa shape index (κ2) is 6.48. The molecule has 0 bridgehead atoms. The van der Waals surface area contributed by atoms with E-state index >= 15 is 0 Å². The topological polar surface area (TPSA) is 69.6 Å². The molecule has 118 valence electrons. The summed E-state index contributed by atoms with van der Waals surface area (Å²) in [4.78, 5) is 25.9. The fourth-order valence-electron chi connectivity index (χ4n) is 3.26. The van der Waals surface area contributed by atoms with Crippen LogP contribution < -0.4 is 5.32 Å². The Balaban J connectivity index is 1.54. The summed E-state index contributed by atoms with van der Waals surface area (Å²) >= 11 is 0. The van der Waals surface area contributed by atoms with E-state index in [0.29, 0.717) is 18.7 Å². The first-order valence-corrected chi connectivity index (χ1v) is 7.99. The molecule has 5 heteroatoms. The molecular weight excluding hydrogens is 280 g/mol. The van der Waals surface area contributed by atoms with Crippen LogP contribution in [0.4, 0.5) is 0 Å². The molecule has 1 saturated heterocycles. The third kappa shape index (κ3) is 3.30. The predicted octanol–water partition coefficient (Wildman–Crippen LogP) is 0.888. The first-order chi connectivity index (χ1) is 10.6. The zero-order valence-corrected chi connectivity index (χ0v) is 12.7. The average molecular weight is 302 g/mol. The van der Waals surface area contributed by atoms with Gasteiger partial charge in [-0.1, -0.05) is 6.07 Å². The van der Waals surface area contributed by atoms with E-state index in [2.05, 4.69) is 5.32 Å². The van der Waals surface area contributed by atoms with E-state index in [0.717, 1.165) is 32.1 Å². The molecule has 5 nitrogen and oxygen atoms in total. The second-order valence-electron chi connectivity index (χ2n) is 6.16. The van der Waals surface area contributed by atoms with Crippen molar-refractivity contribution in [1.29, 1.82) is 0 Å². The summed E-state index contributed by atoms with van der Waals surface area (Å²) in [5.74, 6) is -0.339. The molecule has 1 heterocycles. The van der Waals surface area contributed by atoms with Crippen molar-refractivity contribution in [3.05, 3.63) is 34.9 Å². The summed E-state index contributed by atoms with van der Waals surface area (Å²) in [6, 6.07) is 5.78. The number of β-amino-alcohol motifs (C(OH)–C–C–N with tert-alkyl or cyclic N) is 1. The standard InChI is InChI=1S/C17H22N2O3/c20-15-5-2-8-19(11-15)16(21)10-18-17(22)14-7-6-12-3-1-4-13(12)9-14/h6-7,9,15,20H,1-5,8,10-11H2,(H,18,22). The SMILES string of the molecule is O=C(NCC(=O)N1CCCC(O)C1)c1ccc2c(c1)CCC2. The van der Waals surface area contributed by atoms with Crippen LogP contribution in [0, 0.1) is 0 Å². The number of nitrogens with one attached hydrogen (secondary N) is 1. The van der Waals surface area contributed by atoms with Crippen molar-refractivity contribution < 1.29 is 14.7 Å². The molecule has 3 rings (SSSR count). The van der Waals surface area contributed by atoms with Crippen molar-refractivity contribution in [2.75, 3.05) is 19.6 Å². The van der Waals surface area contributed by atoms with E-state index in [1.54, 1.807) is 4.90 Å². The van der Waals surface area contributed by atoms with Gasteiger partial charge in [0.15, 0.2) is 0 Å². The maximum atomic E-state index is 12.2. The lowest BCUT2D eigenvalue weighted by atomic mass is 10.1. The van der Waals surface area contributed by atoms with Crippen LogP contribution in [0.3, 0.4) is 0 Å². The van der Waals surface area contributed by atoms with Gasteiger partial charge in [0.25, 0.3) is 5.91 Å². The predicted molar refractivity (Wildman–Crippen MR) is 82.6 cm³/mol. The summed E-state index contributed by atoms with van der Waals surface area (Å²) < 4.78 is 0. The normalized spacial score (nSPS) is 20.6. The number of hydrogen-bond acceptors (Lipinski definition) is 3. The molecule has 1 unspecified atom stereocenters. The summed E-state index contributed by atoms with van der Waals surface area (Å²) in [6.07, 6.45) is 4.38. The van der Waals surface area contributed by atoms with Crippen LogP contribution in [0.2, 0.25) is 0 Å². The van der Waals surface area contributed by atoms with Gasteiger partial charge in [-0.25, -0.2) is 0 Å². The van der Waals surface area contributed by atoms with E-state index in [-0.39, 0.29) is 18.4 Å². The van der Waals surface area contributed by atoms with Crippen LogP contribution in [-0.2, 0) is 17.6 Å². The van der Waals surface area contributed by atoms with Crippen molar-refractivity contribution >= 4 is 11.8 Å². The molecule has 1 aromatic rings. The molecule has 1 aliphatic carbocycles. The lowest BCUT2D eigenvalue weighted by molar-refractivity contribution is -0.133. The summed E-state index contributed by atoms with van der Waals surface area (Å²) in [5.41, 5.74) is 3.19. The molecule has 1 fully saturated rings. The number of piperidine rings is 1. The highest BCUT2D eigenvalue weighted by Gasteiger charge is 2.22.